The third-order valence-corrected chi connectivity index (χ3v) is 4.32. The number of carbonyl (C=O) groups is 2. The number of anilines is 1. The quantitative estimate of drug-likeness (QED) is 0.790. The van der Waals surface area contributed by atoms with Crippen LogP contribution < -0.4 is 14.8 Å². The Morgan fingerprint density at radius 2 is 1.88 bits per heavy atom. The predicted octanol–water partition coefficient (Wildman–Crippen LogP) is 3.74. The molecule has 1 saturated carbocycles. The summed E-state index contributed by atoms with van der Waals surface area (Å²) in [4.78, 5) is 23.8. The Morgan fingerprint density at radius 1 is 1.15 bits per heavy atom. The smallest absolute Gasteiger partial charge is 0.335 e. The highest BCUT2D eigenvalue weighted by molar-refractivity contribution is 6.06. The molecule has 0 heterocycles. The van der Waals surface area contributed by atoms with Crippen LogP contribution >= 0.6 is 0 Å². The Hall–Kier alpha value is -3.02. The van der Waals surface area contributed by atoms with Crippen molar-refractivity contribution in [2.45, 2.75) is 19.8 Å². The number of aryl methyl sites for hydroxylation is 1. The van der Waals surface area contributed by atoms with Crippen LogP contribution in [0.4, 0.5) is 5.69 Å². The van der Waals surface area contributed by atoms with Crippen LogP contribution in [0, 0.1) is 12.8 Å². The van der Waals surface area contributed by atoms with Crippen molar-refractivity contribution >= 4 is 17.6 Å². The summed E-state index contributed by atoms with van der Waals surface area (Å²) in [6.45, 7) is 2.27. The topological polar surface area (TPSA) is 84.9 Å². The zero-order chi connectivity index (χ0) is 18.7. The van der Waals surface area contributed by atoms with Crippen LogP contribution in [0.2, 0.25) is 0 Å². The molecule has 1 aliphatic carbocycles. The van der Waals surface area contributed by atoms with E-state index in [1.54, 1.807) is 44.4 Å². The summed E-state index contributed by atoms with van der Waals surface area (Å²) < 4.78 is 11.0. The van der Waals surface area contributed by atoms with Gasteiger partial charge in [0.05, 0.1) is 24.8 Å². The van der Waals surface area contributed by atoms with E-state index in [2.05, 4.69) is 5.32 Å². The van der Waals surface area contributed by atoms with E-state index in [0.29, 0.717) is 40.8 Å². The van der Waals surface area contributed by atoms with Gasteiger partial charge in [-0.1, -0.05) is 0 Å². The average molecular weight is 355 g/mol. The van der Waals surface area contributed by atoms with Gasteiger partial charge in [0, 0.05) is 11.8 Å². The van der Waals surface area contributed by atoms with Crippen molar-refractivity contribution in [2.24, 2.45) is 5.92 Å². The van der Waals surface area contributed by atoms with Gasteiger partial charge in [0.1, 0.15) is 11.5 Å². The number of ether oxygens (including phenoxy) is 2. The first kappa shape index (κ1) is 17.8. The van der Waals surface area contributed by atoms with Crippen molar-refractivity contribution in [3.05, 3.63) is 53.1 Å². The number of hydrogen-bond donors (Lipinski definition) is 2. The van der Waals surface area contributed by atoms with E-state index < -0.39 is 5.97 Å². The third-order valence-electron chi connectivity index (χ3n) is 4.32. The molecule has 0 radical (unpaired) electrons. The molecule has 136 valence electrons. The van der Waals surface area contributed by atoms with Crippen LogP contribution in [-0.4, -0.2) is 30.7 Å². The molecule has 1 fully saturated rings. The summed E-state index contributed by atoms with van der Waals surface area (Å²) >= 11 is 0. The first-order valence-corrected chi connectivity index (χ1v) is 8.44. The molecular weight excluding hydrogens is 334 g/mol. The van der Waals surface area contributed by atoms with Gasteiger partial charge < -0.3 is 19.9 Å². The maximum absolute atomic E-state index is 12.7. The molecule has 0 atom stereocenters. The minimum atomic E-state index is -0.994. The lowest BCUT2D eigenvalue weighted by atomic mass is 10.1. The van der Waals surface area contributed by atoms with Crippen LogP contribution in [0.25, 0.3) is 0 Å². The van der Waals surface area contributed by atoms with E-state index >= 15 is 0 Å². The molecular formula is C20H21NO5. The number of carboxylic acid groups (broad SMARTS) is 1. The van der Waals surface area contributed by atoms with Gasteiger partial charge in [-0.15, -0.1) is 0 Å². The van der Waals surface area contributed by atoms with Crippen molar-refractivity contribution in [3.8, 4) is 11.5 Å². The van der Waals surface area contributed by atoms with Crippen molar-refractivity contribution in [3.63, 3.8) is 0 Å². The second-order valence-electron chi connectivity index (χ2n) is 6.41. The van der Waals surface area contributed by atoms with Gasteiger partial charge in [-0.25, -0.2) is 4.79 Å². The van der Waals surface area contributed by atoms with Crippen molar-refractivity contribution in [1.29, 1.82) is 0 Å². The number of benzene rings is 2. The van der Waals surface area contributed by atoms with Gasteiger partial charge in [-0.05, 0) is 61.6 Å². The normalized spacial score (nSPS) is 13.2. The summed E-state index contributed by atoms with van der Waals surface area (Å²) in [5.41, 5.74) is 1.73. The fourth-order valence-electron chi connectivity index (χ4n) is 2.61. The fourth-order valence-corrected chi connectivity index (χ4v) is 2.61. The first-order chi connectivity index (χ1) is 12.5. The Kier molecular flexibility index (Phi) is 5.11. The number of amides is 1. The van der Waals surface area contributed by atoms with Gasteiger partial charge in [-0.3, -0.25) is 4.79 Å². The molecule has 1 aliphatic rings. The molecule has 0 spiro atoms. The number of hydrogen-bond acceptors (Lipinski definition) is 4. The van der Waals surface area contributed by atoms with Gasteiger partial charge >= 0.3 is 5.97 Å². The summed E-state index contributed by atoms with van der Waals surface area (Å²) in [5.74, 6) is 0.345. The molecule has 0 aromatic heterocycles. The van der Waals surface area contributed by atoms with E-state index in [1.807, 2.05) is 0 Å². The second kappa shape index (κ2) is 7.47. The van der Waals surface area contributed by atoms with Crippen LogP contribution in [0.15, 0.2) is 36.4 Å². The third kappa shape index (κ3) is 4.14. The lowest BCUT2D eigenvalue weighted by Crippen LogP contribution is -2.15. The molecule has 2 aromatic carbocycles. The van der Waals surface area contributed by atoms with E-state index in [4.69, 9.17) is 14.6 Å². The largest absolute Gasteiger partial charge is 0.497 e. The maximum atomic E-state index is 12.7. The van der Waals surface area contributed by atoms with Crippen LogP contribution in [0.1, 0.15) is 39.1 Å². The Labute approximate surface area is 151 Å². The highest BCUT2D eigenvalue weighted by Crippen LogP contribution is 2.32. The first-order valence-electron chi connectivity index (χ1n) is 8.44. The summed E-state index contributed by atoms with van der Waals surface area (Å²) in [6.07, 6.45) is 2.31. The Balaban J connectivity index is 1.80. The van der Waals surface area contributed by atoms with E-state index in [-0.39, 0.29) is 11.5 Å². The highest BCUT2D eigenvalue weighted by atomic mass is 16.5. The number of aromatic carboxylic acids is 1. The number of carbonyl (C=O) groups excluding carboxylic acids is 1. The standard InChI is InChI=1S/C20H21NO5/c1-12-9-14(5-7-16(12)20(23)24)21-19(22)17-8-6-15(25-2)10-18(17)26-11-13-3-4-13/h5-10,13H,3-4,11H2,1-2H3,(H,21,22)(H,23,24). The molecule has 1 amide bonds. The lowest BCUT2D eigenvalue weighted by Gasteiger charge is -2.13. The lowest BCUT2D eigenvalue weighted by molar-refractivity contribution is 0.0696. The SMILES string of the molecule is COc1ccc(C(=O)Nc2ccc(C(=O)O)c(C)c2)c(OCC2CC2)c1. The minimum absolute atomic E-state index is 0.209. The van der Waals surface area contributed by atoms with Gasteiger partial charge in [0.2, 0.25) is 0 Å². The molecule has 6 heteroatoms. The fraction of sp³-hybridized carbons (Fsp3) is 0.300. The van der Waals surface area contributed by atoms with E-state index in [1.165, 1.54) is 6.07 Å². The molecule has 2 aromatic rings. The Bertz CT molecular complexity index is 842. The molecule has 0 bridgehead atoms. The van der Waals surface area contributed by atoms with Crippen LogP contribution in [0.3, 0.4) is 0 Å². The molecule has 3 rings (SSSR count). The second-order valence-corrected chi connectivity index (χ2v) is 6.41. The zero-order valence-electron chi connectivity index (χ0n) is 14.7. The van der Waals surface area contributed by atoms with Gasteiger partial charge in [0.25, 0.3) is 5.91 Å². The average Bonchev–Trinajstić information content (AvgIpc) is 3.43. The van der Waals surface area contributed by atoms with Gasteiger partial charge in [-0.2, -0.15) is 0 Å². The molecule has 6 nitrogen and oxygen atoms in total. The predicted molar refractivity (Wildman–Crippen MR) is 97.3 cm³/mol. The van der Waals surface area contributed by atoms with Crippen LogP contribution in [0.5, 0.6) is 11.5 Å². The van der Waals surface area contributed by atoms with Crippen molar-refractivity contribution < 1.29 is 24.2 Å². The summed E-state index contributed by atoms with van der Waals surface area (Å²) in [5, 5.41) is 11.9. The summed E-state index contributed by atoms with van der Waals surface area (Å²) in [6, 6.07) is 9.76. The number of rotatable bonds is 7. The zero-order valence-corrected chi connectivity index (χ0v) is 14.7. The summed E-state index contributed by atoms with van der Waals surface area (Å²) in [7, 11) is 1.56. The van der Waals surface area contributed by atoms with Crippen molar-refractivity contribution in [1.82, 2.24) is 0 Å². The Morgan fingerprint density at radius 3 is 2.50 bits per heavy atom. The van der Waals surface area contributed by atoms with E-state index in [0.717, 1.165) is 12.8 Å². The number of carboxylic acids is 1. The molecule has 26 heavy (non-hydrogen) atoms. The molecule has 0 aliphatic heterocycles. The molecule has 2 N–H and O–H groups in total. The van der Waals surface area contributed by atoms with Gasteiger partial charge in [0.15, 0.2) is 0 Å². The molecule has 0 saturated heterocycles. The number of methoxy groups -OCH3 is 1. The van der Waals surface area contributed by atoms with Crippen molar-refractivity contribution in [2.75, 3.05) is 19.0 Å². The molecule has 0 unspecified atom stereocenters. The highest BCUT2D eigenvalue weighted by Gasteiger charge is 2.23. The minimum Gasteiger partial charge on any atom is -0.497 e. The van der Waals surface area contributed by atoms with Crippen LogP contribution in [-0.2, 0) is 0 Å². The number of nitrogens with one attached hydrogen (secondary N) is 1. The monoisotopic (exact) mass is 355 g/mol. The maximum Gasteiger partial charge on any atom is 0.335 e. The van der Waals surface area contributed by atoms with E-state index in [9.17, 15) is 9.59 Å².